The minimum atomic E-state index is -3.53. The molecule has 0 saturated carbocycles. The van der Waals surface area contributed by atoms with Gasteiger partial charge in [0.2, 0.25) is 15.9 Å². The summed E-state index contributed by atoms with van der Waals surface area (Å²) < 4.78 is 28.9. The van der Waals surface area contributed by atoms with Gasteiger partial charge in [-0.05, 0) is 51.0 Å². The van der Waals surface area contributed by atoms with Gasteiger partial charge in [-0.2, -0.15) is 9.40 Å². The summed E-state index contributed by atoms with van der Waals surface area (Å²) in [5.41, 5.74) is 3.17. The molecule has 1 aromatic heterocycles. The van der Waals surface area contributed by atoms with Crippen molar-refractivity contribution in [2.24, 2.45) is 7.05 Å². The molecule has 1 aromatic carbocycles. The lowest BCUT2D eigenvalue weighted by atomic mass is 10.2. The number of sulfonamides is 1. The van der Waals surface area contributed by atoms with Crippen molar-refractivity contribution >= 4 is 27.7 Å². The van der Waals surface area contributed by atoms with Crippen LogP contribution in [0.15, 0.2) is 35.2 Å². The van der Waals surface area contributed by atoms with Crippen molar-refractivity contribution in [3.63, 3.8) is 0 Å². The van der Waals surface area contributed by atoms with Crippen LogP contribution >= 0.6 is 0 Å². The standard InChI is InChI=1S/C20H26N4O3S/c1-15-19(16(2)23(3)22-15)10-11-20(25)21-17-8-7-9-18(14-17)28(26,27)24-12-5-4-6-13-24/h7-11,14H,4-6,12-13H2,1-3H3,(H,21,25)/b11-10+. The lowest BCUT2D eigenvalue weighted by Crippen LogP contribution is -2.35. The molecule has 2 heterocycles. The monoisotopic (exact) mass is 402 g/mol. The molecule has 150 valence electrons. The molecule has 1 amide bonds. The summed E-state index contributed by atoms with van der Waals surface area (Å²) >= 11 is 0. The van der Waals surface area contributed by atoms with Crippen LogP contribution in [0.1, 0.15) is 36.2 Å². The summed E-state index contributed by atoms with van der Waals surface area (Å²) in [6.07, 6.45) is 5.98. The number of anilines is 1. The quantitative estimate of drug-likeness (QED) is 0.780. The third kappa shape index (κ3) is 4.34. The van der Waals surface area contributed by atoms with E-state index in [1.807, 2.05) is 20.9 Å². The van der Waals surface area contributed by atoms with Crippen LogP contribution in [0.25, 0.3) is 6.08 Å². The van der Waals surface area contributed by atoms with Gasteiger partial charge in [0.15, 0.2) is 0 Å². The maximum Gasteiger partial charge on any atom is 0.248 e. The van der Waals surface area contributed by atoms with Crippen LogP contribution in [0, 0.1) is 13.8 Å². The van der Waals surface area contributed by atoms with Crippen molar-refractivity contribution in [1.82, 2.24) is 14.1 Å². The number of carbonyl (C=O) groups excluding carboxylic acids is 1. The number of aromatic nitrogens is 2. The number of amides is 1. The predicted molar refractivity (Wildman–Crippen MR) is 109 cm³/mol. The van der Waals surface area contributed by atoms with E-state index < -0.39 is 10.0 Å². The van der Waals surface area contributed by atoms with Crippen molar-refractivity contribution in [1.29, 1.82) is 0 Å². The highest BCUT2D eigenvalue weighted by molar-refractivity contribution is 7.89. The van der Waals surface area contributed by atoms with Gasteiger partial charge in [0, 0.05) is 43.2 Å². The van der Waals surface area contributed by atoms with E-state index in [0.717, 1.165) is 36.2 Å². The van der Waals surface area contributed by atoms with Crippen LogP contribution in [0.4, 0.5) is 5.69 Å². The van der Waals surface area contributed by atoms with Crippen molar-refractivity contribution in [2.45, 2.75) is 38.0 Å². The molecule has 1 saturated heterocycles. The number of rotatable bonds is 5. The third-order valence-electron chi connectivity index (χ3n) is 5.02. The molecule has 0 aliphatic carbocycles. The molecule has 0 unspecified atom stereocenters. The normalized spacial score (nSPS) is 15.8. The number of benzene rings is 1. The van der Waals surface area contributed by atoms with Gasteiger partial charge in [-0.15, -0.1) is 0 Å². The zero-order valence-corrected chi connectivity index (χ0v) is 17.3. The Bertz CT molecular complexity index is 1000. The summed E-state index contributed by atoms with van der Waals surface area (Å²) in [6, 6.07) is 6.40. The molecule has 1 N–H and O–H groups in total. The summed E-state index contributed by atoms with van der Waals surface area (Å²) in [6.45, 7) is 4.92. The van der Waals surface area contributed by atoms with Gasteiger partial charge in [-0.3, -0.25) is 9.48 Å². The van der Waals surface area contributed by atoms with E-state index >= 15 is 0 Å². The van der Waals surface area contributed by atoms with Crippen LogP contribution in [0.5, 0.6) is 0 Å². The molecular weight excluding hydrogens is 376 g/mol. The summed E-state index contributed by atoms with van der Waals surface area (Å²) in [5.74, 6) is -0.324. The van der Waals surface area contributed by atoms with E-state index in [-0.39, 0.29) is 10.8 Å². The minimum Gasteiger partial charge on any atom is -0.322 e. The maximum atomic E-state index is 12.8. The first-order valence-corrected chi connectivity index (χ1v) is 10.8. The SMILES string of the molecule is Cc1nn(C)c(C)c1/C=C/C(=O)Nc1cccc(S(=O)(=O)N2CCCCC2)c1. The average molecular weight is 403 g/mol. The van der Waals surface area contributed by atoms with E-state index in [1.54, 1.807) is 29.0 Å². The van der Waals surface area contributed by atoms with E-state index in [0.29, 0.717) is 18.8 Å². The first kappa shape index (κ1) is 20.3. The van der Waals surface area contributed by atoms with Crippen molar-refractivity contribution in [3.8, 4) is 0 Å². The molecule has 0 radical (unpaired) electrons. The Morgan fingerprint density at radius 2 is 1.89 bits per heavy atom. The fourth-order valence-electron chi connectivity index (χ4n) is 3.36. The Labute approximate surface area is 166 Å². The molecule has 1 aliphatic heterocycles. The minimum absolute atomic E-state index is 0.204. The molecule has 8 heteroatoms. The number of aryl methyl sites for hydroxylation is 2. The van der Waals surface area contributed by atoms with Gasteiger partial charge in [-0.25, -0.2) is 8.42 Å². The summed E-state index contributed by atoms with van der Waals surface area (Å²) in [4.78, 5) is 12.5. The lowest BCUT2D eigenvalue weighted by molar-refractivity contribution is -0.111. The Morgan fingerprint density at radius 1 is 1.18 bits per heavy atom. The first-order chi connectivity index (χ1) is 13.3. The summed E-state index contributed by atoms with van der Waals surface area (Å²) in [7, 11) is -1.68. The molecule has 1 fully saturated rings. The molecule has 0 atom stereocenters. The van der Waals surface area contributed by atoms with Gasteiger partial charge in [0.1, 0.15) is 0 Å². The molecule has 2 aromatic rings. The fraction of sp³-hybridized carbons (Fsp3) is 0.400. The molecule has 1 aliphatic rings. The number of nitrogens with one attached hydrogen (secondary N) is 1. The van der Waals surface area contributed by atoms with Crippen LogP contribution in [-0.2, 0) is 21.9 Å². The molecular formula is C20H26N4O3S. The van der Waals surface area contributed by atoms with Crippen LogP contribution < -0.4 is 5.32 Å². The fourth-order valence-corrected chi connectivity index (χ4v) is 4.93. The first-order valence-electron chi connectivity index (χ1n) is 9.38. The number of nitrogens with zero attached hydrogens (tertiary/aromatic N) is 3. The molecule has 3 rings (SSSR count). The third-order valence-corrected chi connectivity index (χ3v) is 6.92. The number of piperidine rings is 1. The highest BCUT2D eigenvalue weighted by atomic mass is 32.2. The summed E-state index contributed by atoms with van der Waals surface area (Å²) in [5, 5.41) is 7.06. The van der Waals surface area contributed by atoms with E-state index in [1.165, 1.54) is 16.4 Å². The van der Waals surface area contributed by atoms with Crippen molar-refractivity contribution < 1.29 is 13.2 Å². The Morgan fingerprint density at radius 3 is 2.54 bits per heavy atom. The molecule has 0 spiro atoms. The second-order valence-corrected chi connectivity index (χ2v) is 8.96. The van der Waals surface area contributed by atoms with Gasteiger partial charge in [0.05, 0.1) is 10.6 Å². The second kappa shape index (κ2) is 8.28. The van der Waals surface area contributed by atoms with E-state index in [2.05, 4.69) is 10.4 Å². The lowest BCUT2D eigenvalue weighted by Gasteiger charge is -2.26. The van der Waals surface area contributed by atoms with Gasteiger partial charge < -0.3 is 5.32 Å². The van der Waals surface area contributed by atoms with Crippen molar-refractivity contribution in [2.75, 3.05) is 18.4 Å². The Balaban J connectivity index is 1.73. The highest BCUT2D eigenvalue weighted by Crippen LogP contribution is 2.23. The largest absolute Gasteiger partial charge is 0.322 e. The van der Waals surface area contributed by atoms with E-state index in [9.17, 15) is 13.2 Å². The van der Waals surface area contributed by atoms with Gasteiger partial charge >= 0.3 is 0 Å². The topological polar surface area (TPSA) is 84.3 Å². The predicted octanol–water partition coefficient (Wildman–Crippen LogP) is 2.86. The number of carbonyl (C=O) groups is 1. The molecule has 28 heavy (non-hydrogen) atoms. The zero-order chi connectivity index (χ0) is 20.3. The number of hydrogen-bond acceptors (Lipinski definition) is 4. The zero-order valence-electron chi connectivity index (χ0n) is 16.5. The second-order valence-electron chi connectivity index (χ2n) is 7.02. The Hall–Kier alpha value is -2.45. The number of hydrogen-bond donors (Lipinski definition) is 1. The van der Waals surface area contributed by atoms with Gasteiger partial charge in [-0.1, -0.05) is 12.5 Å². The van der Waals surface area contributed by atoms with Gasteiger partial charge in [0.25, 0.3) is 0 Å². The Kier molecular flexibility index (Phi) is 6.00. The van der Waals surface area contributed by atoms with Crippen LogP contribution in [0.3, 0.4) is 0 Å². The maximum absolute atomic E-state index is 12.8. The van der Waals surface area contributed by atoms with E-state index in [4.69, 9.17) is 0 Å². The average Bonchev–Trinajstić information content (AvgIpc) is 2.92. The van der Waals surface area contributed by atoms with Crippen LogP contribution in [0.2, 0.25) is 0 Å². The molecule has 0 bridgehead atoms. The molecule has 7 nitrogen and oxygen atoms in total. The van der Waals surface area contributed by atoms with Crippen LogP contribution in [-0.4, -0.2) is 41.5 Å². The van der Waals surface area contributed by atoms with Crippen molar-refractivity contribution in [3.05, 3.63) is 47.3 Å². The smallest absolute Gasteiger partial charge is 0.248 e. The highest BCUT2D eigenvalue weighted by Gasteiger charge is 2.26.